The molecular formula is C81H109N3O6. The molecule has 20 atom stereocenters. The SMILES string of the molecule is C[C@H]1CC2=C3[C@@H]4C5=C6[C@H](/C=C7/CCC[C@H](CCC=O)CC[C@H]8CC[C@@]9(CCC[C@@H](C9)[C@H]7C[C@H]7[C@]69C(=O)O/C(=C(/O)C[C@H]([C@H]6CC%10(CCCC%10)[C@@]%10(CCCC%10%11CCCC%11)C6)N6C[C@H]%10C[C@@H](C6)[C@@H](CC2)N3C%10)[C@@]9(CC5)[C@]72OC(=O)c3c(CCCN)cccc32)C8)C[C@@H]41. The van der Waals surface area contributed by atoms with Crippen molar-refractivity contribution in [1.29, 1.82) is 0 Å². The molecule has 90 heavy (non-hydrogen) atoms. The van der Waals surface area contributed by atoms with E-state index in [0.717, 1.165) is 88.0 Å². The van der Waals surface area contributed by atoms with Gasteiger partial charge in [0.05, 0.1) is 11.0 Å². The molecule has 7 spiro atoms. The minimum absolute atomic E-state index is 0.0575. The van der Waals surface area contributed by atoms with Crippen LogP contribution in [0.5, 0.6) is 0 Å². The normalized spacial score (nSPS) is 48.4. The Morgan fingerprint density at radius 1 is 0.744 bits per heavy atom. The first kappa shape index (κ1) is 57.7. The van der Waals surface area contributed by atoms with Crippen molar-refractivity contribution in [3.63, 3.8) is 0 Å². The molecule has 15 bridgehead atoms. The average Bonchev–Trinajstić information content (AvgIpc) is 1.31. The summed E-state index contributed by atoms with van der Waals surface area (Å²) in [5, 5.41) is 14.5. The standard InChI is InChI=1S/C81H109N3O6/c1-49-36-55-21-22-64-58-37-52-46-83(48-58)65(59-44-77(28-4-5-29-77)78(45-59)31-11-30-76(78)26-2-3-27-76)41-66(86)72-79-33-24-60-69(71(55)84(64)47-52)61(49)39-57-38-54-15-6-12-50(13-10-35-85)19-20-51-23-32-75(42-51)25-8-16-56(43-75)62(54)40-67(80(79,70(57)60)74(88)89-72)81(79)63-18-7-14-53(17-9-34-82)68(63)73(87)90-81/h7,14,18,35,38,49-52,56-59,61-62,64-65,67,69,86H,2-6,8-13,15-17,19-34,36-37,39-48,82H2,1H3/b54-38-,72-66+/t49-,50+,51-,52+,56-,57+,58-,59-,61+,62-,64+,65+,67-,69+,75-,78-,79+,80+,81+/m0/s1. The van der Waals surface area contributed by atoms with Gasteiger partial charge < -0.3 is 30.0 Å². The predicted octanol–water partition coefficient (Wildman–Crippen LogP) is 16.9. The molecule has 8 saturated carbocycles. The Morgan fingerprint density at radius 3 is 2.46 bits per heavy atom. The highest BCUT2D eigenvalue weighted by atomic mass is 16.6. The number of rotatable bonds is 7. The van der Waals surface area contributed by atoms with Crippen molar-refractivity contribution >= 4 is 18.2 Å². The van der Waals surface area contributed by atoms with Crippen LogP contribution in [-0.4, -0.2) is 71.4 Å². The number of aryl methyl sites for hydroxylation is 1. The number of piperidine rings is 2. The molecule has 12 aliphatic carbocycles. The molecule has 9 nitrogen and oxygen atoms in total. The summed E-state index contributed by atoms with van der Waals surface area (Å²) in [5.41, 5.74) is 15.3. The molecule has 9 aliphatic heterocycles. The lowest BCUT2D eigenvalue weighted by molar-refractivity contribution is -0.283. The summed E-state index contributed by atoms with van der Waals surface area (Å²) in [6.45, 7) is 6.49. The largest absolute Gasteiger partial charge is 0.509 e. The summed E-state index contributed by atoms with van der Waals surface area (Å²) < 4.78 is 15.4. The van der Waals surface area contributed by atoms with Gasteiger partial charge in [-0.05, 0) is 272 Å². The lowest BCUT2D eigenvalue weighted by Crippen LogP contribution is -2.78. The van der Waals surface area contributed by atoms with Crippen LogP contribution in [0.3, 0.4) is 0 Å². The number of carbonyl (C=O) groups is 3. The number of nitrogens with two attached hydrogens (primary N) is 1. The fourth-order valence-corrected chi connectivity index (χ4v) is 30.4. The first-order valence-electron chi connectivity index (χ1n) is 38.7. The summed E-state index contributed by atoms with van der Waals surface area (Å²) in [6, 6.07) is 7.30. The summed E-state index contributed by atoms with van der Waals surface area (Å²) in [4.78, 5) is 51.5. The molecule has 9 heterocycles. The van der Waals surface area contributed by atoms with Crippen LogP contribution in [0.2, 0.25) is 0 Å². The summed E-state index contributed by atoms with van der Waals surface area (Å²) in [6.07, 6.45) is 48.9. The first-order valence-corrected chi connectivity index (χ1v) is 38.7. The third-order valence-electron chi connectivity index (χ3n) is 33.0. The van der Waals surface area contributed by atoms with Crippen molar-refractivity contribution in [3.8, 4) is 0 Å². The molecular weight excluding hydrogens is 1110 g/mol. The molecule has 22 rings (SSSR count). The number of benzene rings is 1. The molecule has 9 heteroatoms. The van der Waals surface area contributed by atoms with Crippen LogP contribution >= 0.6 is 0 Å². The van der Waals surface area contributed by atoms with E-state index in [1.807, 2.05) is 0 Å². The number of fused-ring (bicyclic) bond motifs is 9. The molecule has 1 unspecified atom stereocenters. The molecule has 0 amide bonds. The number of aliphatic hydroxyl groups excluding tert-OH is 1. The first-order chi connectivity index (χ1) is 43.9. The van der Waals surface area contributed by atoms with E-state index >= 15 is 9.59 Å². The predicted molar refractivity (Wildman–Crippen MR) is 349 cm³/mol. The Bertz CT molecular complexity index is 3300. The Labute approximate surface area is 538 Å². The Balaban J connectivity index is 0.852. The third-order valence-corrected chi connectivity index (χ3v) is 33.0. The number of hydrogen-bond donors (Lipinski definition) is 2. The maximum absolute atomic E-state index is 17.4. The number of aliphatic hydroxyl groups is 1. The van der Waals surface area contributed by atoms with Crippen LogP contribution < -0.4 is 5.73 Å². The van der Waals surface area contributed by atoms with Gasteiger partial charge in [-0.25, -0.2) is 4.79 Å². The fraction of sp³-hybridized carbons (Fsp3) is 0.790. The van der Waals surface area contributed by atoms with Crippen molar-refractivity contribution in [3.05, 3.63) is 80.5 Å². The zero-order chi connectivity index (χ0) is 60.3. The van der Waals surface area contributed by atoms with E-state index in [0.29, 0.717) is 118 Å². The number of aldehydes is 1. The van der Waals surface area contributed by atoms with Crippen molar-refractivity contribution in [2.24, 2.45) is 109 Å². The fourth-order valence-electron chi connectivity index (χ4n) is 30.4. The van der Waals surface area contributed by atoms with Gasteiger partial charge in [-0.3, -0.25) is 9.69 Å². The van der Waals surface area contributed by atoms with E-state index in [1.54, 1.807) is 22.4 Å². The van der Waals surface area contributed by atoms with E-state index in [1.165, 1.54) is 179 Å². The number of ether oxygens (including phenoxy) is 2. The van der Waals surface area contributed by atoms with Gasteiger partial charge in [0.2, 0.25) is 0 Å². The third kappa shape index (κ3) is 7.45. The molecule has 3 N–H and O–H groups in total. The summed E-state index contributed by atoms with van der Waals surface area (Å²) in [7, 11) is 0. The average molecular weight is 1220 g/mol. The van der Waals surface area contributed by atoms with E-state index in [-0.39, 0.29) is 41.7 Å². The number of carbonyl (C=O) groups excluding carboxylic acids is 3. The summed E-state index contributed by atoms with van der Waals surface area (Å²) >= 11 is 0. The smallest absolute Gasteiger partial charge is 0.339 e. The van der Waals surface area contributed by atoms with Gasteiger partial charge in [-0.15, -0.1) is 0 Å². The van der Waals surface area contributed by atoms with Gasteiger partial charge in [0.15, 0.2) is 11.4 Å². The van der Waals surface area contributed by atoms with E-state index in [4.69, 9.17) is 15.2 Å². The molecule has 11 fully saturated rings. The molecule has 1 aromatic rings. The van der Waals surface area contributed by atoms with Gasteiger partial charge in [0.1, 0.15) is 17.5 Å². The van der Waals surface area contributed by atoms with Crippen molar-refractivity contribution in [2.45, 2.75) is 269 Å². The van der Waals surface area contributed by atoms with Crippen LogP contribution in [0.15, 0.2) is 63.8 Å². The van der Waals surface area contributed by atoms with Gasteiger partial charge in [0, 0.05) is 67.7 Å². The van der Waals surface area contributed by atoms with E-state index in [2.05, 4.69) is 41.0 Å². The molecule has 0 radical (unpaired) electrons. The molecule has 3 saturated heterocycles. The second kappa shape index (κ2) is 20.7. The van der Waals surface area contributed by atoms with Crippen LogP contribution in [0, 0.1) is 104 Å². The van der Waals surface area contributed by atoms with Gasteiger partial charge in [0.25, 0.3) is 0 Å². The number of allylic oxidation sites excluding steroid dienone is 4. The zero-order valence-corrected chi connectivity index (χ0v) is 55.1. The van der Waals surface area contributed by atoms with E-state index < -0.39 is 16.4 Å². The second-order valence-electron chi connectivity index (χ2n) is 35.9. The molecule has 21 aliphatic rings. The Kier molecular flexibility index (Phi) is 13.3. The zero-order valence-electron chi connectivity index (χ0n) is 55.1. The minimum atomic E-state index is -1.20. The van der Waals surface area contributed by atoms with Crippen molar-refractivity contribution in [2.75, 3.05) is 26.2 Å². The number of esters is 2. The summed E-state index contributed by atoms with van der Waals surface area (Å²) in [5.74, 6) is 5.15. The minimum Gasteiger partial charge on any atom is -0.509 e. The molecule has 0 aromatic heterocycles. The van der Waals surface area contributed by atoms with Gasteiger partial charge in [-0.1, -0.05) is 106 Å². The number of nitrogens with zero attached hydrogens (tertiary/aromatic N) is 2. The Hall–Kier alpha value is -3.69. The van der Waals surface area contributed by atoms with Crippen LogP contribution in [0.25, 0.3) is 0 Å². The highest BCUT2D eigenvalue weighted by Crippen LogP contribution is 2.89. The van der Waals surface area contributed by atoms with Gasteiger partial charge in [-0.2, -0.15) is 0 Å². The number of hydrogen-bond acceptors (Lipinski definition) is 9. The maximum Gasteiger partial charge on any atom is 0.339 e. The highest BCUT2D eigenvalue weighted by Gasteiger charge is 2.94. The van der Waals surface area contributed by atoms with Crippen LogP contribution in [-0.2, 0) is 31.1 Å². The molecule has 1 aromatic carbocycles. The monoisotopic (exact) mass is 1220 g/mol. The molecule has 484 valence electrons. The second-order valence-corrected chi connectivity index (χ2v) is 35.9. The van der Waals surface area contributed by atoms with Gasteiger partial charge >= 0.3 is 11.9 Å². The quantitative estimate of drug-likeness (QED) is 0.156. The lowest BCUT2D eigenvalue weighted by atomic mass is 9.27. The van der Waals surface area contributed by atoms with Crippen LogP contribution in [0.1, 0.15) is 266 Å². The van der Waals surface area contributed by atoms with Crippen molar-refractivity contribution in [1.82, 2.24) is 9.80 Å². The van der Waals surface area contributed by atoms with Crippen LogP contribution in [0.4, 0.5) is 0 Å². The highest BCUT2D eigenvalue weighted by molar-refractivity contribution is 6.00. The maximum atomic E-state index is 17.4. The lowest BCUT2D eigenvalue weighted by Gasteiger charge is -2.73. The topological polar surface area (TPSA) is 122 Å². The Morgan fingerprint density at radius 2 is 1.60 bits per heavy atom. The van der Waals surface area contributed by atoms with Crippen molar-refractivity contribution < 1.29 is 29.0 Å². The van der Waals surface area contributed by atoms with E-state index in [9.17, 15) is 9.90 Å².